The van der Waals surface area contributed by atoms with Crippen LogP contribution in [0.4, 0.5) is 0 Å². The van der Waals surface area contributed by atoms with E-state index in [-0.39, 0.29) is 29.7 Å². The molecule has 2 saturated heterocycles. The summed E-state index contributed by atoms with van der Waals surface area (Å²) < 4.78 is 0. The zero-order valence-corrected chi connectivity index (χ0v) is 16.7. The summed E-state index contributed by atoms with van der Waals surface area (Å²) in [4.78, 5) is 46.6. The summed E-state index contributed by atoms with van der Waals surface area (Å²) in [6, 6.07) is 3.35. The molecular weight excluding hydrogens is 358 g/mol. The summed E-state index contributed by atoms with van der Waals surface area (Å²) >= 11 is 0. The Morgan fingerprint density at radius 1 is 1.29 bits per heavy atom. The van der Waals surface area contributed by atoms with Crippen molar-refractivity contribution in [1.29, 1.82) is 0 Å². The highest BCUT2D eigenvalue weighted by molar-refractivity contribution is 5.96. The summed E-state index contributed by atoms with van der Waals surface area (Å²) in [5.74, 6) is -0.154. The van der Waals surface area contributed by atoms with Gasteiger partial charge < -0.3 is 20.0 Å². The monoisotopic (exact) mass is 387 g/mol. The van der Waals surface area contributed by atoms with Gasteiger partial charge in [-0.05, 0) is 39.1 Å². The van der Waals surface area contributed by atoms with E-state index >= 15 is 0 Å². The van der Waals surface area contributed by atoms with Crippen LogP contribution in [-0.2, 0) is 9.59 Å². The molecule has 0 bridgehead atoms. The third-order valence-corrected chi connectivity index (χ3v) is 5.72. The SMILES string of the molecule is CN(C)CCN1CC2(CCN(C(=O)CNC(=O)c3cccnc3)CC2)CC1=O. The number of aromatic nitrogens is 1. The molecule has 0 aliphatic carbocycles. The molecular formula is C20H29N5O3. The molecule has 0 aromatic carbocycles. The van der Waals surface area contributed by atoms with Crippen LogP contribution in [0.3, 0.4) is 0 Å². The predicted octanol–water partition coefficient (Wildman–Crippen LogP) is 0.214. The minimum atomic E-state index is -0.298. The molecule has 1 N–H and O–H groups in total. The van der Waals surface area contributed by atoms with Crippen molar-refractivity contribution in [2.24, 2.45) is 5.41 Å². The molecule has 0 saturated carbocycles. The quantitative estimate of drug-likeness (QED) is 0.754. The van der Waals surface area contributed by atoms with Gasteiger partial charge in [-0.1, -0.05) is 0 Å². The predicted molar refractivity (Wildman–Crippen MR) is 105 cm³/mol. The Kier molecular flexibility index (Phi) is 6.28. The molecule has 0 atom stereocenters. The van der Waals surface area contributed by atoms with Gasteiger partial charge >= 0.3 is 0 Å². The molecule has 3 heterocycles. The first-order valence-electron chi connectivity index (χ1n) is 9.77. The lowest BCUT2D eigenvalue weighted by Crippen LogP contribution is -2.47. The number of pyridine rings is 1. The van der Waals surface area contributed by atoms with Gasteiger partial charge in [0.15, 0.2) is 0 Å². The number of carbonyl (C=O) groups excluding carboxylic acids is 3. The number of rotatable bonds is 6. The highest BCUT2D eigenvalue weighted by Crippen LogP contribution is 2.40. The van der Waals surface area contributed by atoms with Gasteiger partial charge in [0.25, 0.3) is 5.91 Å². The van der Waals surface area contributed by atoms with Gasteiger partial charge in [-0.2, -0.15) is 0 Å². The van der Waals surface area contributed by atoms with Gasteiger partial charge in [0.05, 0.1) is 12.1 Å². The standard InChI is InChI=1S/C20H29N5O3/c1-23(2)10-11-25-15-20(12-17(25)26)5-8-24(9-6-20)18(27)14-22-19(28)16-4-3-7-21-13-16/h3-4,7,13H,5-6,8-12,14-15H2,1-2H3,(H,22,28). The van der Waals surface area contributed by atoms with Gasteiger partial charge in [-0.15, -0.1) is 0 Å². The summed E-state index contributed by atoms with van der Waals surface area (Å²) in [6.45, 7) is 3.67. The molecule has 1 aromatic heterocycles. The van der Waals surface area contributed by atoms with Gasteiger partial charge in [-0.25, -0.2) is 0 Å². The average molecular weight is 387 g/mol. The summed E-state index contributed by atoms with van der Waals surface area (Å²) in [5.41, 5.74) is 0.439. The molecule has 2 aliphatic rings. The van der Waals surface area contributed by atoms with Crippen LogP contribution in [0.15, 0.2) is 24.5 Å². The minimum Gasteiger partial charge on any atom is -0.343 e. The van der Waals surface area contributed by atoms with E-state index < -0.39 is 0 Å². The van der Waals surface area contributed by atoms with E-state index in [1.807, 2.05) is 19.0 Å². The van der Waals surface area contributed by atoms with Crippen molar-refractivity contribution in [2.45, 2.75) is 19.3 Å². The number of likely N-dealkylation sites (N-methyl/N-ethyl adjacent to an activating group) is 1. The Labute approximate surface area is 165 Å². The van der Waals surface area contributed by atoms with E-state index in [0.717, 1.165) is 32.5 Å². The highest BCUT2D eigenvalue weighted by Gasteiger charge is 2.45. The van der Waals surface area contributed by atoms with Crippen LogP contribution in [0.5, 0.6) is 0 Å². The molecule has 0 radical (unpaired) electrons. The molecule has 2 aliphatic heterocycles. The van der Waals surface area contributed by atoms with Crippen LogP contribution in [0, 0.1) is 5.41 Å². The molecule has 152 valence electrons. The van der Waals surface area contributed by atoms with E-state index in [1.54, 1.807) is 23.2 Å². The first-order chi connectivity index (χ1) is 13.4. The van der Waals surface area contributed by atoms with Crippen molar-refractivity contribution < 1.29 is 14.4 Å². The fraction of sp³-hybridized carbons (Fsp3) is 0.600. The van der Waals surface area contributed by atoms with E-state index in [1.165, 1.54) is 6.20 Å². The zero-order valence-electron chi connectivity index (χ0n) is 16.7. The molecule has 0 unspecified atom stereocenters. The first kappa shape index (κ1) is 20.3. The van der Waals surface area contributed by atoms with E-state index in [0.29, 0.717) is 25.1 Å². The summed E-state index contributed by atoms with van der Waals surface area (Å²) in [7, 11) is 4.01. The van der Waals surface area contributed by atoms with Crippen molar-refractivity contribution in [3.63, 3.8) is 0 Å². The zero-order chi connectivity index (χ0) is 20.1. The second-order valence-corrected chi connectivity index (χ2v) is 8.10. The molecule has 3 rings (SSSR count). The number of amides is 3. The van der Waals surface area contributed by atoms with Crippen LogP contribution in [-0.4, -0.2) is 90.8 Å². The van der Waals surface area contributed by atoms with Crippen molar-refractivity contribution >= 4 is 17.7 Å². The second-order valence-electron chi connectivity index (χ2n) is 8.10. The molecule has 8 nitrogen and oxygen atoms in total. The maximum absolute atomic E-state index is 12.5. The third kappa shape index (κ3) is 4.86. The van der Waals surface area contributed by atoms with Crippen molar-refractivity contribution in [1.82, 2.24) is 25.0 Å². The second kappa shape index (κ2) is 8.68. The summed E-state index contributed by atoms with van der Waals surface area (Å²) in [6.07, 6.45) is 5.32. The average Bonchev–Trinajstić information content (AvgIpc) is 3.00. The Bertz CT molecular complexity index is 714. The van der Waals surface area contributed by atoms with Gasteiger partial charge in [0.1, 0.15) is 0 Å². The van der Waals surface area contributed by atoms with E-state index in [9.17, 15) is 14.4 Å². The number of hydrogen-bond donors (Lipinski definition) is 1. The molecule has 3 amide bonds. The fourth-order valence-electron chi connectivity index (χ4n) is 3.94. The van der Waals surface area contributed by atoms with E-state index in [2.05, 4.69) is 15.2 Å². The van der Waals surface area contributed by atoms with Crippen molar-refractivity contribution in [2.75, 3.05) is 53.4 Å². The molecule has 1 aromatic rings. The van der Waals surface area contributed by atoms with Crippen molar-refractivity contribution in [3.8, 4) is 0 Å². The molecule has 8 heteroatoms. The summed E-state index contributed by atoms with van der Waals surface area (Å²) in [5, 5.41) is 2.66. The largest absolute Gasteiger partial charge is 0.343 e. The lowest BCUT2D eigenvalue weighted by atomic mass is 9.77. The Morgan fingerprint density at radius 3 is 2.68 bits per heavy atom. The number of carbonyl (C=O) groups is 3. The van der Waals surface area contributed by atoms with Crippen LogP contribution >= 0.6 is 0 Å². The number of nitrogens with one attached hydrogen (secondary N) is 1. The number of likely N-dealkylation sites (tertiary alicyclic amines) is 2. The number of piperidine rings is 1. The fourth-order valence-corrected chi connectivity index (χ4v) is 3.94. The maximum atomic E-state index is 12.5. The molecule has 2 fully saturated rings. The van der Waals surface area contributed by atoms with Gasteiger partial charge in [0, 0.05) is 57.0 Å². The first-order valence-corrected chi connectivity index (χ1v) is 9.77. The van der Waals surface area contributed by atoms with Gasteiger partial charge in [-0.3, -0.25) is 19.4 Å². The smallest absolute Gasteiger partial charge is 0.253 e. The normalized spacial score (nSPS) is 18.8. The Balaban J connectivity index is 1.45. The Hall–Kier alpha value is -2.48. The van der Waals surface area contributed by atoms with Gasteiger partial charge in [0.2, 0.25) is 11.8 Å². The number of nitrogens with zero attached hydrogens (tertiary/aromatic N) is 4. The Morgan fingerprint density at radius 2 is 2.04 bits per heavy atom. The van der Waals surface area contributed by atoms with Crippen LogP contribution < -0.4 is 5.32 Å². The van der Waals surface area contributed by atoms with E-state index in [4.69, 9.17) is 0 Å². The van der Waals surface area contributed by atoms with Crippen LogP contribution in [0.25, 0.3) is 0 Å². The lowest BCUT2D eigenvalue weighted by Gasteiger charge is -2.39. The van der Waals surface area contributed by atoms with Crippen LogP contribution in [0.1, 0.15) is 29.6 Å². The van der Waals surface area contributed by atoms with Crippen LogP contribution in [0.2, 0.25) is 0 Å². The topological polar surface area (TPSA) is 85.8 Å². The number of hydrogen-bond acceptors (Lipinski definition) is 5. The molecule has 1 spiro atoms. The highest BCUT2D eigenvalue weighted by atomic mass is 16.2. The molecule has 28 heavy (non-hydrogen) atoms. The third-order valence-electron chi connectivity index (χ3n) is 5.72. The lowest BCUT2D eigenvalue weighted by molar-refractivity contribution is -0.132. The minimum absolute atomic E-state index is 0.000861. The van der Waals surface area contributed by atoms with Crippen molar-refractivity contribution in [3.05, 3.63) is 30.1 Å². The maximum Gasteiger partial charge on any atom is 0.253 e.